The van der Waals surface area contributed by atoms with Gasteiger partial charge in [-0.2, -0.15) is 26.3 Å². The molecule has 2 rings (SSSR count). The highest BCUT2D eigenvalue weighted by atomic mass is 32.2. The van der Waals surface area contributed by atoms with Crippen LogP contribution in [-0.2, 0) is 23.7 Å². The van der Waals surface area contributed by atoms with Gasteiger partial charge >= 0.3 is 12.4 Å². The molecular formula is C17H14F7N3OS. The van der Waals surface area contributed by atoms with Crippen molar-refractivity contribution in [2.45, 2.75) is 37.9 Å². The second-order valence-electron chi connectivity index (χ2n) is 6.79. The van der Waals surface area contributed by atoms with Gasteiger partial charge in [0.2, 0.25) is 0 Å². The minimum atomic E-state index is -4.93. The van der Waals surface area contributed by atoms with Crippen LogP contribution in [0.4, 0.5) is 30.7 Å². The Morgan fingerprint density at radius 3 is 2.14 bits per heavy atom. The first-order valence-corrected chi connectivity index (χ1v) is 8.99. The lowest BCUT2D eigenvalue weighted by Crippen LogP contribution is -2.28. The molecule has 2 aromatic rings. The largest absolute Gasteiger partial charge is 0.591 e. The topological polar surface area (TPSA) is 61.2 Å². The monoisotopic (exact) mass is 441 g/mol. The van der Waals surface area contributed by atoms with Crippen molar-refractivity contribution in [1.29, 1.82) is 0 Å². The van der Waals surface area contributed by atoms with E-state index in [0.717, 1.165) is 6.20 Å². The molecule has 0 unspecified atom stereocenters. The van der Waals surface area contributed by atoms with Crippen LogP contribution in [0.1, 0.15) is 43.4 Å². The lowest BCUT2D eigenvalue weighted by Gasteiger charge is -2.19. The van der Waals surface area contributed by atoms with Crippen LogP contribution < -0.4 is 0 Å². The fourth-order valence-electron chi connectivity index (χ4n) is 1.96. The highest BCUT2D eigenvalue weighted by Crippen LogP contribution is 2.32. The third-order valence-electron chi connectivity index (χ3n) is 3.35. The Hall–Kier alpha value is -2.21. The van der Waals surface area contributed by atoms with E-state index in [1.165, 1.54) is 20.8 Å². The fourth-order valence-corrected chi connectivity index (χ4v) is 2.59. The summed E-state index contributed by atoms with van der Waals surface area (Å²) in [6.07, 6.45) is -9.07. The Bertz CT molecular complexity index is 920. The third-order valence-corrected chi connectivity index (χ3v) is 4.75. The van der Waals surface area contributed by atoms with Crippen LogP contribution in [0.5, 0.6) is 0 Å². The van der Waals surface area contributed by atoms with Gasteiger partial charge in [-0.3, -0.25) is 0 Å². The lowest BCUT2D eigenvalue weighted by molar-refractivity contribution is -0.141. The summed E-state index contributed by atoms with van der Waals surface area (Å²) in [5.41, 5.74) is -4.00. The number of aromatic nitrogens is 2. The second kappa shape index (κ2) is 7.90. The summed E-state index contributed by atoms with van der Waals surface area (Å²) in [7, 11) is 0. The molecule has 0 radical (unpaired) electrons. The highest BCUT2D eigenvalue weighted by Gasteiger charge is 2.36. The van der Waals surface area contributed by atoms with Crippen LogP contribution in [0.2, 0.25) is 0 Å². The minimum Gasteiger partial charge on any atom is -0.591 e. The van der Waals surface area contributed by atoms with Crippen molar-refractivity contribution < 1.29 is 35.3 Å². The zero-order valence-corrected chi connectivity index (χ0v) is 16.0. The number of rotatable bonds is 3. The summed E-state index contributed by atoms with van der Waals surface area (Å²) in [6, 6.07) is 1.87. The molecule has 1 aromatic carbocycles. The predicted molar refractivity (Wildman–Crippen MR) is 92.0 cm³/mol. The molecule has 0 aliphatic carbocycles. The van der Waals surface area contributed by atoms with Crippen LogP contribution in [0, 0.1) is 5.82 Å². The average Bonchev–Trinajstić information content (AvgIpc) is 2.56. The first-order valence-electron chi connectivity index (χ1n) is 7.88. The van der Waals surface area contributed by atoms with Crippen molar-refractivity contribution in [3.05, 3.63) is 58.9 Å². The molecule has 1 aromatic heterocycles. The Labute approximate surface area is 164 Å². The molecule has 0 saturated carbocycles. The van der Waals surface area contributed by atoms with Crippen LogP contribution in [0.3, 0.4) is 0 Å². The van der Waals surface area contributed by atoms with E-state index in [1.807, 2.05) is 0 Å². The Balaban J connectivity index is 2.75. The average molecular weight is 441 g/mol. The number of alkyl halides is 6. The summed E-state index contributed by atoms with van der Waals surface area (Å²) >= 11 is -2.11. The fraction of sp³-hybridized carbons (Fsp3) is 0.353. The van der Waals surface area contributed by atoms with Crippen molar-refractivity contribution in [2.24, 2.45) is 4.40 Å². The molecular weight excluding hydrogens is 427 g/mol. The summed E-state index contributed by atoms with van der Waals surface area (Å²) in [5.74, 6) is -2.05. The van der Waals surface area contributed by atoms with E-state index in [1.54, 1.807) is 0 Å². The van der Waals surface area contributed by atoms with Crippen molar-refractivity contribution in [2.75, 3.05) is 0 Å². The number of halogens is 7. The van der Waals surface area contributed by atoms with E-state index < -0.39 is 62.6 Å². The first kappa shape index (κ1) is 23.1. The lowest BCUT2D eigenvalue weighted by atomic mass is 10.1. The number of hydrogen-bond donors (Lipinski definition) is 0. The molecule has 158 valence electrons. The van der Waals surface area contributed by atoms with E-state index >= 15 is 0 Å². The molecule has 29 heavy (non-hydrogen) atoms. The van der Waals surface area contributed by atoms with Crippen molar-refractivity contribution in [3.8, 4) is 0 Å². The Morgan fingerprint density at radius 1 is 1.00 bits per heavy atom. The van der Waals surface area contributed by atoms with Gasteiger partial charge < -0.3 is 4.55 Å². The zero-order chi connectivity index (χ0) is 22.2. The molecule has 0 aliphatic rings. The minimum absolute atomic E-state index is 0.217. The van der Waals surface area contributed by atoms with Crippen LogP contribution in [0.25, 0.3) is 0 Å². The van der Waals surface area contributed by atoms with Gasteiger partial charge in [0, 0.05) is 11.8 Å². The SMILES string of the molecule is CC(C)(C)[S@@+]([O-])N=C(c1cc(F)cc(C(F)(F)F)c1)c1nccc(C(F)(F)F)n1. The molecule has 1 atom stereocenters. The van der Waals surface area contributed by atoms with Crippen molar-refractivity contribution in [3.63, 3.8) is 0 Å². The van der Waals surface area contributed by atoms with E-state index in [2.05, 4.69) is 14.4 Å². The molecule has 12 heteroatoms. The highest BCUT2D eigenvalue weighted by molar-refractivity contribution is 7.91. The third kappa shape index (κ3) is 5.89. The van der Waals surface area contributed by atoms with Gasteiger partial charge in [0.1, 0.15) is 27.6 Å². The molecule has 1 heterocycles. The molecule has 0 bridgehead atoms. The Kier molecular flexibility index (Phi) is 6.29. The standard InChI is InChI=1S/C17H14F7N3OS/c1-15(2,3)29(28)27-13(14-25-5-4-12(26-14)17(22,23)24)9-6-10(16(19,20)21)8-11(18)7-9/h4-8H,1-3H3/t29-/m1/s1. The van der Waals surface area contributed by atoms with Crippen molar-refractivity contribution >= 4 is 17.1 Å². The number of benzene rings is 1. The van der Waals surface area contributed by atoms with E-state index in [-0.39, 0.29) is 6.07 Å². The summed E-state index contributed by atoms with van der Waals surface area (Å²) < 4.78 is 107. The van der Waals surface area contributed by atoms with Gasteiger partial charge in [-0.15, -0.1) is 0 Å². The van der Waals surface area contributed by atoms with Crippen LogP contribution >= 0.6 is 0 Å². The summed E-state index contributed by atoms with van der Waals surface area (Å²) in [5, 5.41) is 0. The molecule has 0 amide bonds. The predicted octanol–water partition coefficient (Wildman–Crippen LogP) is 4.95. The maximum absolute atomic E-state index is 13.8. The van der Waals surface area contributed by atoms with E-state index in [9.17, 15) is 35.3 Å². The first-order chi connectivity index (χ1) is 13.1. The Morgan fingerprint density at radius 2 is 1.62 bits per heavy atom. The van der Waals surface area contributed by atoms with Gasteiger partial charge in [-0.25, -0.2) is 14.4 Å². The summed E-state index contributed by atoms with van der Waals surface area (Å²) in [4.78, 5) is 6.88. The van der Waals surface area contributed by atoms with Gasteiger partial charge in [-0.1, -0.05) is 4.40 Å². The van der Waals surface area contributed by atoms with Gasteiger partial charge in [0.25, 0.3) is 0 Å². The smallest absolute Gasteiger partial charge is 0.433 e. The number of hydrogen-bond acceptors (Lipinski definition) is 4. The quantitative estimate of drug-likeness (QED) is 0.385. The molecule has 0 N–H and O–H groups in total. The molecule has 0 spiro atoms. The molecule has 0 aliphatic heterocycles. The van der Waals surface area contributed by atoms with Crippen LogP contribution in [-0.4, -0.2) is 25.0 Å². The normalized spacial score (nSPS) is 14.8. The van der Waals surface area contributed by atoms with Crippen molar-refractivity contribution in [1.82, 2.24) is 9.97 Å². The molecule has 0 saturated heterocycles. The van der Waals surface area contributed by atoms with E-state index in [4.69, 9.17) is 0 Å². The maximum Gasteiger partial charge on any atom is 0.433 e. The second-order valence-corrected chi connectivity index (χ2v) is 8.70. The number of nitrogens with zero attached hydrogens (tertiary/aromatic N) is 3. The van der Waals surface area contributed by atoms with Gasteiger partial charge in [0.15, 0.2) is 11.5 Å². The molecule has 4 nitrogen and oxygen atoms in total. The molecule has 0 fully saturated rings. The zero-order valence-electron chi connectivity index (χ0n) is 15.2. The van der Waals surface area contributed by atoms with Gasteiger partial charge in [0.05, 0.1) is 5.56 Å². The maximum atomic E-state index is 13.8. The van der Waals surface area contributed by atoms with Crippen LogP contribution in [0.15, 0.2) is 34.9 Å². The van der Waals surface area contributed by atoms with E-state index in [0.29, 0.717) is 18.2 Å². The van der Waals surface area contributed by atoms with Gasteiger partial charge in [-0.05, 0) is 45.0 Å². The summed E-state index contributed by atoms with van der Waals surface area (Å²) in [6.45, 7) is 4.47.